The number of hydrogen-bond acceptors (Lipinski definition) is 6. The van der Waals surface area contributed by atoms with Crippen LogP contribution in [0.2, 0.25) is 0 Å². The molecule has 1 aliphatic rings. The predicted molar refractivity (Wildman–Crippen MR) is 109 cm³/mol. The minimum absolute atomic E-state index is 0.0673. The second-order valence-corrected chi connectivity index (χ2v) is 8.17. The van der Waals surface area contributed by atoms with Gasteiger partial charge in [0.05, 0.1) is 11.8 Å². The molecule has 0 spiro atoms. The summed E-state index contributed by atoms with van der Waals surface area (Å²) < 4.78 is 1.42. The molecule has 0 aliphatic heterocycles. The lowest BCUT2D eigenvalue weighted by atomic mass is 10.2. The largest absolute Gasteiger partial charge is 0.393 e. The first-order chi connectivity index (χ1) is 13.5. The Labute approximate surface area is 165 Å². The summed E-state index contributed by atoms with van der Waals surface area (Å²) in [4.78, 5) is 37.1. The summed E-state index contributed by atoms with van der Waals surface area (Å²) in [6.07, 6.45) is 5.76. The lowest BCUT2D eigenvalue weighted by molar-refractivity contribution is -0.121. The Bertz CT molecular complexity index is 1090. The molecule has 0 unspecified atom stereocenters. The van der Waals surface area contributed by atoms with E-state index in [-0.39, 0.29) is 23.7 Å². The van der Waals surface area contributed by atoms with Gasteiger partial charge in [0, 0.05) is 29.1 Å². The molecule has 9 heteroatoms. The van der Waals surface area contributed by atoms with Crippen molar-refractivity contribution in [3.05, 3.63) is 46.3 Å². The van der Waals surface area contributed by atoms with Crippen molar-refractivity contribution >= 4 is 34.5 Å². The molecule has 146 valence electrons. The van der Waals surface area contributed by atoms with Crippen molar-refractivity contribution < 1.29 is 4.79 Å². The number of carbonyl (C=O) groups excluding carboxylic acids is 1. The van der Waals surface area contributed by atoms with Gasteiger partial charge in [-0.05, 0) is 43.4 Å². The van der Waals surface area contributed by atoms with Crippen LogP contribution in [0, 0.1) is 12.8 Å². The number of fused-ring (bicyclic) bond motifs is 1. The van der Waals surface area contributed by atoms with Gasteiger partial charge >= 0.3 is 0 Å². The van der Waals surface area contributed by atoms with Crippen LogP contribution >= 0.6 is 11.8 Å². The Morgan fingerprint density at radius 3 is 3.00 bits per heavy atom. The third-order valence-corrected chi connectivity index (χ3v) is 6.09. The Kier molecular flexibility index (Phi) is 5.08. The Hall–Kier alpha value is -2.81. The number of carbonyl (C=O) groups is 1. The van der Waals surface area contributed by atoms with Crippen LogP contribution in [0.4, 0.5) is 5.69 Å². The fourth-order valence-electron chi connectivity index (χ4n) is 2.93. The molecule has 1 amide bonds. The van der Waals surface area contributed by atoms with Gasteiger partial charge in [-0.25, -0.2) is 9.97 Å². The standard InChI is InChI=1S/C19H22N6O2S/c1-11-4-15(28-9-12-2-3-12)17(20)19(27)25(11)8-16(26)21-6-13-5-14-18(22-7-13)24-10-23-14/h4-5,7,10,12H,2-3,6,8-9,20H2,1H3,(H,21,26)(H,22,23,24). The summed E-state index contributed by atoms with van der Waals surface area (Å²) in [7, 11) is 0. The van der Waals surface area contributed by atoms with Crippen molar-refractivity contribution in [2.24, 2.45) is 5.92 Å². The van der Waals surface area contributed by atoms with Crippen LogP contribution in [0.3, 0.4) is 0 Å². The topological polar surface area (TPSA) is 119 Å². The van der Waals surface area contributed by atoms with E-state index in [1.807, 2.05) is 19.1 Å². The highest BCUT2D eigenvalue weighted by Gasteiger charge is 2.22. The van der Waals surface area contributed by atoms with Crippen LogP contribution in [0.25, 0.3) is 11.2 Å². The van der Waals surface area contributed by atoms with Gasteiger partial charge in [-0.3, -0.25) is 9.59 Å². The maximum atomic E-state index is 12.6. The van der Waals surface area contributed by atoms with Crippen LogP contribution in [-0.4, -0.2) is 31.2 Å². The molecule has 0 atom stereocenters. The van der Waals surface area contributed by atoms with Crippen molar-refractivity contribution in [1.29, 1.82) is 0 Å². The smallest absolute Gasteiger partial charge is 0.275 e. The van der Waals surface area contributed by atoms with Gasteiger partial charge in [-0.1, -0.05) is 0 Å². The molecule has 8 nitrogen and oxygen atoms in total. The summed E-state index contributed by atoms with van der Waals surface area (Å²) in [5, 5.41) is 2.82. The molecule has 0 radical (unpaired) electrons. The highest BCUT2D eigenvalue weighted by molar-refractivity contribution is 7.99. The maximum Gasteiger partial charge on any atom is 0.275 e. The van der Waals surface area contributed by atoms with E-state index >= 15 is 0 Å². The number of anilines is 1. The van der Waals surface area contributed by atoms with E-state index in [0.717, 1.165) is 33.3 Å². The Morgan fingerprint density at radius 2 is 2.21 bits per heavy atom. The molecular weight excluding hydrogens is 376 g/mol. The summed E-state index contributed by atoms with van der Waals surface area (Å²) in [6.45, 7) is 2.08. The third-order valence-electron chi connectivity index (χ3n) is 4.80. The molecule has 1 saturated carbocycles. The quantitative estimate of drug-likeness (QED) is 0.523. The third kappa shape index (κ3) is 4.04. The van der Waals surface area contributed by atoms with Crippen LogP contribution in [0.15, 0.2) is 34.3 Å². The number of aromatic amines is 1. The maximum absolute atomic E-state index is 12.6. The van der Waals surface area contributed by atoms with Gasteiger partial charge in [0.2, 0.25) is 5.91 Å². The molecule has 4 rings (SSSR count). The number of aromatic nitrogens is 4. The minimum Gasteiger partial charge on any atom is -0.393 e. The highest BCUT2D eigenvalue weighted by atomic mass is 32.2. The van der Waals surface area contributed by atoms with Crippen molar-refractivity contribution in [2.75, 3.05) is 11.5 Å². The number of H-pyrrole nitrogens is 1. The van der Waals surface area contributed by atoms with Gasteiger partial charge in [0.25, 0.3) is 5.56 Å². The zero-order chi connectivity index (χ0) is 19.7. The lowest BCUT2D eigenvalue weighted by Crippen LogP contribution is -2.34. The van der Waals surface area contributed by atoms with Gasteiger partial charge in [0.15, 0.2) is 5.65 Å². The van der Waals surface area contributed by atoms with Crippen molar-refractivity contribution in [3.8, 4) is 0 Å². The highest BCUT2D eigenvalue weighted by Crippen LogP contribution is 2.36. The van der Waals surface area contributed by atoms with Crippen molar-refractivity contribution in [3.63, 3.8) is 0 Å². The molecule has 1 fully saturated rings. The average molecular weight is 398 g/mol. The van der Waals surface area contributed by atoms with E-state index in [9.17, 15) is 9.59 Å². The molecule has 1 aliphatic carbocycles. The van der Waals surface area contributed by atoms with Gasteiger partial charge in [0.1, 0.15) is 12.2 Å². The monoisotopic (exact) mass is 398 g/mol. The number of nitrogens with two attached hydrogens (primary N) is 1. The number of nitrogen functional groups attached to an aromatic ring is 1. The fourth-order valence-corrected chi connectivity index (χ4v) is 4.18. The zero-order valence-corrected chi connectivity index (χ0v) is 16.4. The van der Waals surface area contributed by atoms with Gasteiger partial charge in [-0.15, -0.1) is 11.8 Å². The van der Waals surface area contributed by atoms with E-state index in [1.54, 1.807) is 24.3 Å². The lowest BCUT2D eigenvalue weighted by Gasteiger charge is -2.14. The van der Waals surface area contributed by atoms with Crippen LogP contribution in [0.5, 0.6) is 0 Å². The van der Waals surface area contributed by atoms with E-state index in [2.05, 4.69) is 20.3 Å². The number of pyridine rings is 2. The molecule has 0 saturated heterocycles. The minimum atomic E-state index is -0.311. The number of nitrogens with one attached hydrogen (secondary N) is 2. The summed E-state index contributed by atoms with van der Waals surface area (Å²) in [5.74, 6) is 1.48. The molecule has 28 heavy (non-hydrogen) atoms. The predicted octanol–water partition coefficient (Wildman–Crippen LogP) is 1.83. The second-order valence-electron chi connectivity index (χ2n) is 7.10. The number of aryl methyl sites for hydroxylation is 1. The number of amides is 1. The van der Waals surface area contributed by atoms with E-state index in [4.69, 9.17) is 5.73 Å². The summed E-state index contributed by atoms with van der Waals surface area (Å²) >= 11 is 1.63. The Balaban J connectivity index is 1.41. The van der Waals surface area contributed by atoms with Crippen LogP contribution in [0.1, 0.15) is 24.1 Å². The number of thioether (sulfide) groups is 1. The summed E-state index contributed by atoms with van der Waals surface area (Å²) in [5.41, 5.74) is 8.97. The second kappa shape index (κ2) is 7.67. The van der Waals surface area contributed by atoms with Crippen LogP contribution in [-0.2, 0) is 17.9 Å². The van der Waals surface area contributed by atoms with E-state index in [0.29, 0.717) is 12.2 Å². The SMILES string of the molecule is Cc1cc(SCC2CC2)c(N)c(=O)n1CC(=O)NCc1cnc2nc[nH]c2c1. The number of hydrogen-bond donors (Lipinski definition) is 3. The molecule has 3 aromatic rings. The average Bonchev–Trinajstić information content (AvgIpc) is 3.40. The first kappa shape index (κ1) is 18.5. The number of nitrogens with zero attached hydrogens (tertiary/aromatic N) is 3. The summed E-state index contributed by atoms with van der Waals surface area (Å²) in [6, 6.07) is 3.78. The normalized spacial score (nSPS) is 13.8. The van der Waals surface area contributed by atoms with Crippen molar-refractivity contribution in [1.82, 2.24) is 24.8 Å². The molecule has 3 aromatic heterocycles. The van der Waals surface area contributed by atoms with Gasteiger partial charge < -0.3 is 20.6 Å². The molecule has 0 aromatic carbocycles. The number of rotatable bonds is 7. The van der Waals surface area contributed by atoms with E-state index in [1.165, 1.54) is 17.4 Å². The zero-order valence-electron chi connectivity index (χ0n) is 15.6. The Morgan fingerprint density at radius 1 is 1.39 bits per heavy atom. The molecule has 0 bridgehead atoms. The first-order valence-corrected chi connectivity index (χ1v) is 10.2. The molecule has 4 N–H and O–H groups in total. The van der Waals surface area contributed by atoms with Crippen LogP contribution < -0.4 is 16.6 Å². The molecule has 3 heterocycles. The first-order valence-electron chi connectivity index (χ1n) is 9.18. The number of imidazole rings is 1. The van der Waals surface area contributed by atoms with Gasteiger partial charge in [-0.2, -0.15) is 0 Å². The van der Waals surface area contributed by atoms with Crippen molar-refractivity contribution in [2.45, 2.75) is 37.8 Å². The van der Waals surface area contributed by atoms with E-state index < -0.39 is 0 Å². The fraction of sp³-hybridized carbons (Fsp3) is 0.368. The molecular formula is C19H22N6O2S.